The molecule has 0 radical (unpaired) electrons. The standard InChI is InChI=1S/C24H38N6O/c1-19(2)17-23(29-15-13-28(14-16-29)21-7-5-4-6-8-21)24-25-26-27-30(24)18-20-9-11-22(31-3)12-10-20/h9-12,19,21,23H,4-8,13-18H2,1-3H3/t23-/m1/s1. The van der Waals surface area contributed by atoms with E-state index in [-0.39, 0.29) is 6.04 Å². The molecule has 2 aliphatic rings. The molecule has 1 aliphatic heterocycles. The number of rotatable bonds is 8. The minimum absolute atomic E-state index is 0.266. The average Bonchev–Trinajstić information content (AvgIpc) is 3.26. The SMILES string of the molecule is COc1ccc(Cn2nnnc2[C@@H](CC(C)C)N2CCN(C3CCCCC3)CC2)cc1. The van der Waals surface area contributed by atoms with E-state index in [0.29, 0.717) is 12.5 Å². The summed E-state index contributed by atoms with van der Waals surface area (Å²) in [5.41, 5.74) is 1.18. The predicted molar refractivity (Wildman–Crippen MR) is 122 cm³/mol. The number of hydrogen-bond donors (Lipinski definition) is 0. The Kier molecular flexibility index (Phi) is 7.56. The Bertz CT molecular complexity index is 791. The highest BCUT2D eigenvalue weighted by atomic mass is 16.5. The van der Waals surface area contributed by atoms with Gasteiger partial charge in [-0.3, -0.25) is 9.80 Å². The van der Waals surface area contributed by atoms with E-state index < -0.39 is 0 Å². The van der Waals surface area contributed by atoms with E-state index in [1.807, 2.05) is 16.8 Å². The van der Waals surface area contributed by atoms with Gasteiger partial charge in [0.05, 0.1) is 19.7 Å². The van der Waals surface area contributed by atoms with Gasteiger partial charge < -0.3 is 4.74 Å². The van der Waals surface area contributed by atoms with E-state index in [9.17, 15) is 0 Å². The van der Waals surface area contributed by atoms with E-state index in [0.717, 1.165) is 37.1 Å². The normalized spacial score (nSPS) is 20.3. The molecule has 4 rings (SSSR count). The molecular weight excluding hydrogens is 388 g/mol. The van der Waals surface area contributed by atoms with Crippen LogP contribution in [0.1, 0.15) is 69.8 Å². The second kappa shape index (κ2) is 10.6. The summed E-state index contributed by atoms with van der Waals surface area (Å²) in [6.45, 7) is 9.81. The maximum atomic E-state index is 5.28. The summed E-state index contributed by atoms with van der Waals surface area (Å²) in [5, 5.41) is 12.9. The number of ether oxygens (including phenoxy) is 1. The van der Waals surface area contributed by atoms with Crippen molar-refractivity contribution in [2.45, 2.75) is 71.0 Å². The highest BCUT2D eigenvalue weighted by Crippen LogP contribution is 2.30. The first-order valence-corrected chi connectivity index (χ1v) is 12.0. The fourth-order valence-corrected chi connectivity index (χ4v) is 5.19. The Hall–Kier alpha value is -1.99. The molecule has 1 aromatic carbocycles. The van der Waals surface area contributed by atoms with Crippen LogP contribution in [-0.2, 0) is 6.54 Å². The van der Waals surface area contributed by atoms with Crippen LogP contribution in [-0.4, -0.2) is 69.3 Å². The van der Waals surface area contributed by atoms with Gasteiger partial charge >= 0.3 is 0 Å². The summed E-state index contributed by atoms with van der Waals surface area (Å²) < 4.78 is 7.27. The van der Waals surface area contributed by atoms with Crippen LogP contribution in [0.3, 0.4) is 0 Å². The second-order valence-corrected chi connectivity index (χ2v) is 9.55. The van der Waals surface area contributed by atoms with Crippen LogP contribution in [0.4, 0.5) is 0 Å². The van der Waals surface area contributed by atoms with Crippen molar-refractivity contribution in [1.82, 2.24) is 30.0 Å². The molecule has 7 nitrogen and oxygen atoms in total. The van der Waals surface area contributed by atoms with Gasteiger partial charge in [-0.05, 0) is 53.3 Å². The molecule has 31 heavy (non-hydrogen) atoms. The third kappa shape index (κ3) is 5.63. The summed E-state index contributed by atoms with van der Waals surface area (Å²) >= 11 is 0. The molecule has 0 amide bonds. The third-order valence-electron chi connectivity index (χ3n) is 6.92. The van der Waals surface area contributed by atoms with Gasteiger partial charge in [0.2, 0.25) is 0 Å². The van der Waals surface area contributed by atoms with Gasteiger partial charge in [-0.2, -0.15) is 0 Å². The molecule has 2 fully saturated rings. The highest BCUT2D eigenvalue weighted by molar-refractivity contribution is 5.27. The lowest BCUT2D eigenvalue weighted by molar-refractivity contribution is 0.0469. The zero-order valence-electron chi connectivity index (χ0n) is 19.4. The molecule has 1 saturated heterocycles. The van der Waals surface area contributed by atoms with Gasteiger partial charge in [-0.15, -0.1) is 5.10 Å². The van der Waals surface area contributed by atoms with Crippen LogP contribution in [0.25, 0.3) is 0 Å². The van der Waals surface area contributed by atoms with Crippen molar-refractivity contribution in [1.29, 1.82) is 0 Å². The van der Waals surface area contributed by atoms with Gasteiger partial charge in [0, 0.05) is 32.2 Å². The lowest BCUT2D eigenvalue weighted by Gasteiger charge is -2.43. The fraction of sp³-hybridized carbons (Fsp3) is 0.708. The van der Waals surface area contributed by atoms with Crippen LogP contribution >= 0.6 is 0 Å². The average molecular weight is 427 g/mol. The van der Waals surface area contributed by atoms with Crippen LogP contribution in [0.5, 0.6) is 5.75 Å². The van der Waals surface area contributed by atoms with E-state index in [2.05, 4.69) is 51.3 Å². The molecule has 0 bridgehead atoms. The van der Waals surface area contributed by atoms with Crippen molar-refractivity contribution in [2.24, 2.45) is 5.92 Å². The topological polar surface area (TPSA) is 59.3 Å². The number of piperazine rings is 1. The third-order valence-corrected chi connectivity index (χ3v) is 6.92. The van der Waals surface area contributed by atoms with Crippen molar-refractivity contribution in [3.05, 3.63) is 35.7 Å². The van der Waals surface area contributed by atoms with Gasteiger partial charge in [-0.1, -0.05) is 45.2 Å². The smallest absolute Gasteiger partial charge is 0.168 e. The first-order chi connectivity index (χ1) is 15.1. The van der Waals surface area contributed by atoms with Crippen LogP contribution in [0.2, 0.25) is 0 Å². The molecule has 0 N–H and O–H groups in total. The van der Waals surface area contributed by atoms with E-state index in [1.165, 1.54) is 50.8 Å². The van der Waals surface area contributed by atoms with Gasteiger partial charge in [0.15, 0.2) is 5.82 Å². The fourth-order valence-electron chi connectivity index (χ4n) is 5.19. The van der Waals surface area contributed by atoms with Crippen molar-refractivity contribution in [3.63, 3.8) is 0 Å². The molecule has 7 heteroatoms. The van der Waals surface area contributed by atoms with Gasteiger partial charge in [0.1, 0.15) is 5.75 Å². The quantitative estimate of drug-likeness (QED) is 0.640. The molecule has 1 aromatic heterocycles. The van der Waals surface area contributed by atoms with E-state index >= 15 is 0 Å². The second-order valence-electron chi connectivity index (χ2n) is 9.55. The highest BCUT2D eigenvalue weighted by Gasteiger charge is 2.32. The molecule has 1 saturated carbocycles. The van der Waals surface area contributed by atoms with Crippen molar-refractivity contribution in [3.8, 4) is 5.75 Å². The van der Waals surface area contributed by atoms with Gasteiger partial charge in [-0.25, -0.2) is 4.68 Å². The van der Waals surface area contributed by atoms with Crippen molar-refractivity contribution >= 4 is 0 Å². The Morgan fingerprint density at radius 3 is 2.35 bits per heavy atom. The maximum absolute atomic E-state index is 5.28. The molecule has 1 atom stereocenters. The van der Waals surface area contributed by atoms with Gasteiger partial charge in [0.25, 0.3) is 0 Å². The first kappa shape index (κ1) is 22.2. The van der Waals surface area contributed by atoms with Crippen LogP contribution in [0.15, 0.2) is 24.3 Å². The molecular formula is C24H38N6O. The molecule has 0 spiro atoms. The lowest BCUT2D eigenvalue weighted by atomic mass is 9.93. The molecule has 2 aromatic rings. The number of methoxy groups -OCH3 is 1. The maximum Gasteiger partial charge on any atom is 0.168 e. The zero-order chi connectivity index (χ0) is 21.6. The minimum atomic E-state index is 0.266. The van der Waals surface area contributed by atoms with Crippen molar-refractivity contribution < 1.29 is 4.74 Å². The number of hydrogen-bond acceptors (Lipinski definition) is 6. The Labute approximate surface area is 186 Å². The number of aromatic nitrogens is 4. The summed E-state index contributed by atoms with van der Waals surface area (Å²) in [7, 11) is 1.69. The zero-order valence-corrected chi connectivity index (χ0v) is 19.4. The first-order valence-electron chi connectivity index (χ1n) is 12.0. The van der Waals surface area contributed by atoms with E-state index in [4.69, 9.17) is 4.74 Å². The summed E-state index contributed by atoms with van der Waals surface area (Å²) in [4.78, 5) is 5.36. The molecule has 0 unspecified atom stereocenters. The number of nitrogens with zero attached hydrogens (tertiary/aromatic N) is 6. The lowest BCUT2D eigenvalue weighted by Crippen LogP contribution is -2.52. The number of benzene rings is 1. The summed E-state index contributed by atoms with van der Waals surface area (Å²) in [6.07, 6.45) is 8.07. The predicted octanol–water partition coefficient (Wildman–Crippen LogP) is 3.77. The molecule has 2 heterocycles. The minimum Gasteiger partial charge on any atom is -0.497 e. The Balaban J connectivity index is 1.45. The van der Waals surface area contributed by atoms with Crippen LogP contribution in [0, 0.1) is 5.92 Å². The summed E-state index contributed by atoms with van der Waals surface area (Å²) in [5.74, 6) is 2.46. The van der Waals surface area contributed by atoms with Crippen molar-refractivity contribution in [2.75, 3.05) is 33.3 Å². The Morgan fingerprint density at radius 1 is 1.00 bits per heavy atom. The van der Waals surface area contributed by atoms with Crippen LogP contribution < -0.4 is 4.74 Å². The monoisotopic (exact) mass is 426 g/mol. The molecule has 170 valence electrons. The number of tetrazole rings is 1. The summed E-state index contributed by atoms with van der Waals surface area (Å²) in [6, 6.07) is 9.24. The Morgan fingerprint density at radius 2 is 1.71 bits per heavy atom. The largest absolute Gasteiger partial charge is 0.497 e. The molecule has 1 aliphatic carbocycles. The van der Waals surface area contributed by atoms with E-state index in [1.54, 1.807) is 7.11 Å².